The molecule has 156 valence electrons. The summed E-state index contributed by atoms with van der Waals surface area (Å²) >= 11 is 0. The fraction of sp³-hybridized carbons (Fsp3) is 0.696. The molecule has 2 unspecified atom stereocenters. The van der Waals surface area contributed by atoms with E-state index in [1.54, 1.807) is 0 Å². The summed E-state index contributed by atoms with van der Waals surface area (Å²) in [6.45, 7) is 15.0. The van der Waals surface area contributed by atoms with Gasteiger partial charge in [-0.15, -0.1) is 0 Å². The van der Waals surface area contributed by atoms with Crippen LogP contribution < -0.4 is 0 Å². The van der Waals surface area contributed by atoms with Gasteiger partial charge in [0.1, 0.15) is 5.60 Å². The molecular formula is C23H36N2O3. The second-order valence-electron chi connectivity index (χ2n) is 9.84. The molecule has 2 aliphatic rings. The first-order valence-corrected chi connectivity index (χ1v) is 10.5. The lowest BCUT2D eigenvalue weighted by Gasteiger charge is -2.48. The number of carbonyl (C=O) groups excluding carboxylic acids is 1. The predicted molar refractivity (Wildman–Crippen MR) is 111 cm³/mol. The van der Waals surface area contributed by atoms with E-state index < -0.39 is 11.0 Å². The Morgan fingerprint density at radius 1 is 1.14 bits per heavy atom. The van der Waals surface area contributed by atoms with Crippen LogP contribution in [0.15, 0.2) is 30.3 Å². The lowest BCUT2D eigenvalue weighted by molar-refractivity contribution is -0.168. The van der Waals surface area contributed by atoms with Crippen LogP contribution in [0, 0.1) is 5.41 Å². The SMILES string of the molecule is CC(C)(C)OC(=O)C(C)(C)CN1CCC2C(C1)OCCN2Cc1ccccc1. The molecule has 0 saturated carbocycles. The Balaban J connectivity index is 1.57. The molecule has 2 atom stereocenters. The summed E-state index contributed by atoms with van der Waals surface area (Å²) in [5.41, 5.74) is 0.376. The Morgan fingerprint density at radius 3 is 2.54 bits per heavy atom. The second-order valence-corrected chi connectivity index (χ2v) is 9.84. The van der Waals surface area contributed by atoms with E-state index in [0.717, 1.165) is 39.2 Å². The van der Waals surface area contributed by atoms with E-state index >= 15 is 0 Å². The maximum atomic E-state index is 12.6. The number of piperidine rings is 1. The van der Waals surface area contributed by atoms with Crippen molar-refractivity contribution >= 4 is 5.97 Å². The summed E-state index contributed by atoms with van der Waals surface area (Å²) in [5.74, 6) is -0.127. The average Bonchev–Trinajstić information content (AvgIpc) is 2.61. The maximum absolute atomic E-state index is 12.6. The lowest BCUT2D eigenvalue weighted by Crippen LogP contribution is -2.60. The van der Waals surface area contributed by atoms with Crippen molar-refractivity contribution in [2.75, 3.05) is 32.8 Å². The topological polar surface area (TPSA) is 42.0 Å². The molecule has 28 heavy (non-hydrogen) atoms. The van der Waals surface area contributed by atoms with Crippen molar-refractivity contribution in [3.05, 3.63) is 35.9 Å². The van der Waals surface area contributed by atoms with E-state index in [1.807, 2.05) is 34.6 Å². The zero-order valence-electron chi connectivity index (χ0n) is 18.1. The second kappa shape index (κ2) is 8.52. The Kier molecular flexibility index (Phi) is 6.47. The van der Waals surface area contributed by atoms with Gasteiger partial charge in [0.25, 0.3) is 0 Å². The van der Waals surface area contributed by atoms with Gasteiger partial charge in [0.15, 0.2) is 0 Å². The van der Waals surface area contributed by atoms with Gasteiger partial charge in [-0.2, -0.15) is 0 Å². The number of likely N-dealkylation sites (tertiary alicyclic amines) is 1. The molecule has 2 aliphatic heterocycles. The molecular weight excluding hydrogens is 352 g/mol. The molecule has 2 heterocycles. The van der Waals surface area contributed by atoms with Gasteiger partial charge in [0.05, 0.1) is 18.1 Å². The Labute approximate surface area is 170 Å². The monoisotopic (exact) mass is 388 g/mol. The molecule has 0 amide bonds. The Morgan fingerprint density at radius 2 is 1.86 bits per heavy atom. The fourth-order valence-electron chi connectivity index (χ4n) is 4.23. The minimum atomic E-state index is -0.529. The summed E-state index contributed by atoms with van der Waals surface area (Å²) in [6, 6.07) is 11.1. The lowest BCUT2D eigenvalue weighted by atomic mass is 9.90. The molecule has 1 aromatic carbocycles. The van der Waals surface area contributed by atoms with Crippen LogP contribution in [0.4, 0.5) is 0 Å². The number of hydrogen-bond acceptors (Lipinski definition) is 5. The van der Waals surface area contributed by atoms with Crippen molar-refractivity contribution in [1.29, 1.82) is 0 Å². The molecule has 2 fully saturated rings. The molecule has 0 aromatic heterocycles. The van der Waals surface area contributed by atoms with Gasteiger partial charge in [-0.3, -0.25) is 14.6 Å². The molecule has 0 radical (unpaired) electrons. The van der Waals surface area contributed by atoms with Crippen LogP contribution in [0.2, 0.25) is 0 Å². The number of fused-ring (bicyclic) bond motifs is 1. The highest BCUT2D eigenvalue weighted by Gasteiger charge is 2.40. The largest absolute Gasteiger partial charge is 0.460 e. The standard InChI is InChI=1S/C23H36N2O3/c1-22(2,3)28-21(26)23(4,5)17-24-12-11-19-20(16-24)27-14-13-25(19)15-18-9-7-6-8-10-18/h6-10,19-20H,11-17H2,1-5H3. The third kappa shape index (κ3) is 5.56. The third-order valence-corrected chi connectivity index (χ3v) is 5.59. The average molecular weight is 389 g/mol. The molecule has 0 bridgehead atoms. The number of benzene rings is 1. The van der Waals surface area contributed by atoms with E-state index in [0.29, 0.717) is 12.6 Å². The highest BCUT2D eigenvalue weighted by molar-refractivity contribution is 5.76. The van der Waals surface area contributed by atoms with Gasteiger partial charge in [-0.05, 0) is 53.1 Å². The summed E-state index contributed by atoms with van der Waals surface area (Å²) in [4.78, 5) is 17.5. The molecule has 0 spiro atoms. The van der Waals surface area contributed by atoms with Crippen LogP contribution in [0.1, 0.15) is 46.6 Å². The van der Waals surface area contributed by atoms with E-state index in [-0.39, 0.29) is 12.1 Å². The zero-order valence-corrected chi connectivity index (χ0v) is 18.1. The van der Waals surface area contributed by atoms with Gasteiger partial charge >= 0.3 is 5.97 Å². The number of hydrogen-bond donors (Lipinski definition) is 0. The zero-order chi connectivity index (χ0) is 20.4. The predicted octanol–water partition coefficient (Wildman–Crippen LogP) is 3.33. The summed E-state index contributed by atoms with van der Waals surface area (Å²) < 4.78 is 11.8. The first-order valence-electron chi connectivity index (χ1n) is 10.5. The van der Waals surface area contributed by atoms with Crippen molar-refractivity contribution < 1.29 is 14.3 Å². The molecule has 0 N–H and O–H groups in total. The molecule has 3 rings (SSSR count). The van der Waals surface area contributed by atoms with Crippen molar-refractivity contribution in [3.8, 4) is 0 Å². The molecule has 1 aromatic rings. The summed E-state index contributed by atoms with van der Waals surface area (Å²) in [6.07, 6.45) is 1.28. The summed E-state index contributed by atoms with van der Waals surface area (Å²) in [7, 11) is 0. The van der Waals surface area contributed by atoms with Crippen LogP contribution in [-0.4, -0.2) is 66.3 Å². The van der Waals surface area contributed by atoms with Gasteiger partial charge < -0.3 is 9.47 Å². The molecule has 5 nitrogen and oxygen atoms in total. The fourth-order valence-corrected chi connectivity index (χ4v) is 4.23. The number of ether oxygens (including phenoxy) is 2. The van der Waals surface area contributed by atoms with E-state index in [1.165, 1.54) is 5.56 Å². The van der Waals surface area contributed by atoms with Crippen molar-refractivity contribution in [2.24, 2.45) is 5.41 Å². The van der Waals surface area contributed by atoms with Crippen molar-refractivity contribution in [2.45, 2.75) is 65.3 Å². The van der Waals surface area contributed by atoms with Crippen LogP contribution >= 0.6 is 0 Å². The number of rotatable bonds is 5. The molecule has 2 saturated heterocycles. The van der Waals surface area contributed by atoms with E-state index in [4.69, 9.17) is 9.47 Å². The number of esters is 1. The minimum Gasteiger partial charge on any atom is -0.460 e. The smallest absolute Gasteiger partial charge is 0.313 e. The van der Waals surface area contributed by atoms with Gasteiger partial charge in [-0.25, -0.2) is 0 Å². The van der Waals surface area contributed by atoms with Crippen molar-refractivity contribution in [1.82, 2.24) is 9.80 Å². The Bertz CT molecular complexity index is 654. The highest BCUT2D eigenvalue weighted by atomic mass is 16.6. The highest BCUT2D eigenvalue weighted by Crippen LogP contribution is 2.28. The van der Waals surface area contributed by atoms with Gasteiger partial charge in [0.2, 0.25) is 0 Å². The minimum absolute atomic E-state index is 0.127. The van der Waals surface area contributed by atoms with Crippen LogP contribution in [0.3, 0.4) is 0 Å². The van der Waals surface area contributed by atoms with Crippen LogP contribution in [0.5, 0.6) is 0 Å². The van der Waals surface area contributed by atoms with E-state index in [2.05, 4.69) is 40.1 Å². The number of morpholine rings is 1. The number of nitrogens with zero attached hydrogens (tertiary/aromatic N) is 2. The number of carbonyl (C=O) groups is 1. The first kappa shape index (κ1) is 21.3. The normalized spacial score (nSPS) is 24.6. The van der Waals surface area contributed by atoms with Gasteiger partial charge in [0, 0.05) is 32.2 Å². The quantitative estimate of drug-likeness (QED) is 0.724. The molecule has 0 aliphatic carbocycles. The van der Waals surface area contributed by atoms with Crippen molar-refractivity contribution in [3.63, 3.8) is 0 Å². The molecule has 5 heteroatoms. The van der Waals surface area contributed by atoms with Gasteiger partial charge in [-0.1, -0.05) is 30.3 Å². The summed E-state index contributed by atoms with van der Waals surface area (Å²) in [5, 5.41) is 0. The van der Waals surface area contributed by atoms with Crippen LogP contribution in [-0.2, 0) is 20.8 Å². The van der Waals surface area contributed by atoms with Crippen LogP contribution in [0.25, 0.3) is 0 Å². The third-order valence-electron chi connectivity index (χ3n) is 5.59. The maximum Gasteiger partial charge on any atom is 0.313 e. The Hall–Kier alpha value is -1.43. The van der Waals surface area contributed by atoms with E-state index in [9.17, 15) is 4.79 Å². The first-order chi connectivity index (χ1) is 13.1.